The molecule has 0 spiro atoms. The van der Waals surface area contributed by atoms with Gasteiger partial charge in [0.1, 0.15) is 11.8 Å². The van der Waals surface area contributed by atoms with E-state index >= 15 is 0 Å². The van der Waals surface area contributed by atoms with E-state index in [9.17, 15) is 4.79 Å². The Morgan fingerprint density at radius 1 is 1.46 bits per heavy atom. The number of hydrazine groups is 1. The second kappa shape index (κ2) is 6.64. The fourth-order valence-electron chi connectivity index (χ4n) is 2.61. The fourth-order valence-corrected chi connectivity index (χ4v) is 2.61. The molecular weight excluding hydrogens is 310 g/mol. The summed E-state index contributed by atoms with van der Waals surface area (Å²) in [6.07, 6.45) is 1.51. The number of nitriles is 1. The third-order valence-corrected chi connectivity index (χ3v) is 3.92. The van der Waals surface area contributed by atoms with Gasteiger partial charge in [0.25, 0.3) is 0 Å². The van der Waals surface area contributed by atoms with E-state index in [0.717, 1.165) is 5.56 Å². The number of nitrogens with zero attached hydrogens (tertiary/aromatic N) is 4. The number of amides is 2. The molecule has 9 nitrogen and oxygen atoms in total. The molecule has 9 heteroatoms. The highest BCUT2D eigenvalue weighted by Crippen LogP contribution is 2.38. The standard InChI is InChI=1S/C15H19N7O2/c1-8-12(9(2)24-22-8)13(20-14(23)21-17)15(3,4)10-5-6-18-11(7-16)19-10/h5-6,13H,17H2,1-4H3,(H2,20,21,23). The summed E-state index contributed by atoms with van der Waals surface area (Å²) < 4.78 is 5.23. The van der Waals surface area contributed by atoms with Crippen molar-refractivity contribution in [1.29, 1.82) is 5.26 Å². The number of rotatable bonds is 4. The highest BCUT2D eigenvalue weighted by atomic mass is 16.5. The zero-order chi connectivity index (χ0) is 17.9. The molecule has 0 aliphatic heterocycles. The first-order chi connectivity index (χ1) is 11.3. The molecule has 2 rings (SSSR count). The number of aromatic nitrogens is 3. The number of hydrogen-bond acceptors (Lipinski definition) is 7. The van der Waals surface area contributed by atoms with Gasteiger partial charge in [-0.1, -0.05) is 19.0 Å². The van der Waals surface area contributed by atoms with E-state index in [1.54, 1.807) is 19.9 Å². The molecule has 0 saturated carbocycles. The van der Waals surface area contributed by atoms with E-state index in [2.05, 4.69) is 25.9 Å². The molecule has 2 amide bonds. The molecule has 0 radical (unpaired) electrons. The lowest BCUT2D eigenvalue weighted by atomic mass is 9.77. The van der Waals surface area contributed by atoms with Crippen molar-refractivity contribution in [3.8, 4) is 6.07 Å². The van der Waals surface area contributed by atoms with Crippen LogP contribution in [0.5, 0.6) is 0 Å². The van der Waals surface area contributed by atoms with E-state index in [4.69, 9.17) is 15.6 Å². The van der Waals surface area contributed by atoms with Crippen molar-refractivity contribution in [1.82, 2.24) is 25.9 Å². The van der Waals surface area contributed by atoms with Crippen molar-refractivity contribution in [3.63, 3.8) is 0 Å². The van der Waals surface area contributed by atoms with E-state index in [-0.39, 0.29) is 5.82 Å². The van der Waals surface area contributed by atoms with E-state index in [1.807, 2.05) is 19.9 Å². The predicted molar refractivity (Wildman–Crippen MR) is 84.3 cm³/mol. The van der Waals surface area contributed by atoms with Crippen LogP contribution in [0.1, 0.15) is 48.4 Å². The van der Waals surface area contributed by atoms with Crippen LogP contribution in [0.4, 0.5) is 4.79 Å². The Balaban J connectivity index is 2.56. The maximum absolute atomic E-state index is 11.9. The molecule has 0 aliphatic rings. The first kappa shape index (κ1) is 17.4. The van der Waals surface area contributed by atoms with Crippen molar-refractivity contribution in [2.45, 2.75) is 39.2 Å². The van der Waals surface area contributed by atoms with Crippen molar-refractivity contribution in [2.24, 2.45) is 5.84 Å². The molecule has 0 aliphatic carbocycles. The zero-order valence-corrected chi connectivity index (χ0v) is 13.9. The number of nitrogens with one attached hydrogen (secondary N) is 2. The number of carbonyl (C=O) groups is 1. The summed E-state index contributed by atoms with van der Waals surface area (Å²) >= 11 is 0. The van der Waals surface area contributed by atoms with Crippen LogP contribution in [0.25, 0.3) is 0 Å². The molecule has 0 fully saturated rings. The van der Waals surface area contributed by atoms with Crippen LogP contribution in [-0.4, -0.2) is 21.2 Å². The van der Waals surface area contributed by atoms with Gasteiger partial charge in [-0.05, 0) is 19.9 Å². The van der Waals surface area contributed by atoms with Crippen LogP contribution >= 0.6 is 0 Å². The summed E-state index contributed by atoms with van der Waals surface area (Å²) in [5.41, 5.74) is 3.34. The SMILES string of the molecule is Cc1noc(C)c1C(NC(=O)NN)C(C)(C)c1ccnc(C#N)n1. The average molecular weight is 329 g/mol. The molecule has 24 heavy (non-hydrogen) atoms. The Morgan fingerprint density at radius 2 is 2.17 bits per heavy atom. The first-order valence-electron chi connectivity index (χ1n) is 7.24. The second-order valence-corrected chi connectivity index (χ2v) is 5.89. The monoisotopic (exact) mass is 329 g/mol. The van der Waals surface area contributed by atoms with Crippen molar-refractivity contribution < 1.29 is 9.32 Å². The molecule has 2 aromatic rings. The maximum Gasteiger partial charge on any atom is 0.329 e. The predicted octanol–water partition coefficient (Wildman–Crippen LogP) is 1.14. The number of aryl methyl sites for hydroxylation is 2. The number of hydrogen-bond donors (Lipinski definition) is 3. The van der Waals surface area contributed by atoms with Crippen LogP contribution in [0.2, 0.25) is 0 Å². The van der Waals surface area contributed by atoms with Crippen molar-refractivity contribution in [3.05, 3.63) is 40.8 Å². The third-order valence-electron chi connectivity index (χ3n) is 3.92. The van der Waals surface area contributed by atoms with E-state index in [1.165, 1.54) is 6.20 Å². The maximum atomic E-state index is 11.9. The smallest absolute Gasteiger partial charge is 0.329 e. The van der Waals surface area contributed by atoms with Crippen LogP contribution in [0.15, 0.2) is 16.8 Å². The van der Waals surface area contributed by atoms with E-state index < -0.39 is 17.5 Å². The Bertz CT molecular complexity index is 772. The van der Waals surface area contributed by atoms with Gasteiger partial charge in [0, 0.05) is 17.2 Å². The quantitative estimate of drug-likeness (QED) is 0.433. The van der Waals surface area contributed by atoms with Crippen molar-refractivity contribution >= 4 is 6.03 Å². The average Bonchev–Trinajstić information content (AvgIpc) is 2.91. The Kier molecular flexibility index (Phi) is 4.80. The first-order valence-corrected chi connectivity index (χ1v) is 7.24. The van der Waals surface area contributed by atoms with Crippen LogP contribution in [-0.2, 0) is 5.41 Å². The lowest BCUT2D eigenvalue weighted by Gasteiger charge is -2.34. The highest BCUT2D eigenvalue weighted by Gasteiger charge is 2.38. The molecule has 1 unspecified atom stereocenters. The Labute approximate surface area is 139 Å². The highest BCUT2D eigenvalue weighted by molar-refractivity contribution is 5.74. The minimum atomic E-state index is -0.692. The zero-order valence-electron chi connectivity index (χ0n) is 13.9. The molecule has 0 bridgehead atoms. The van der Waals surface area contributed by atoms with Gasteiger partial charge >= 0.3 is 6.03 Å². The largest absolute Gasteiger partial charge is 0.361 e. The molecule has 4 N–H and O–H groups in total. The molecule has 2 aromatic heterocycles. The fraction of sp³-hybridized carbons (Fsp3) is 0.400. The molecule has 2 heterocycles. The number of urea groups is 1. The Morgan fingerprint density at radius 3 is 2.71 bits per heavy atom. The summed E-state index contributed by atoms with van der Waals surface area (Å²) in [4.78, 5) is 20.0. The topological polar surface area (TPSA) is 143 Å². The van der Waals surface area contributed by atoms with Gasteiger partial charge in [0.05, 0.1) is 17.4 Å². The minimum Gasteiger partial charge on any atom is -0.361 e. The summed E-state index contributed by atoms with van der Waals surface area (Å²) in [6.45, 7) is 7.34. The summed E-state index contributed by atoms with van der Waals surface area (Å²) in [6, 6.07) is 2.53. The van der Waals surface area contributed by atoms with Gasteiger partial charge in [-0.25, -0.2) is 20.6 Å². The van der Waals surface area contributed by atoms with Gasteiger partial charge in [0.2, 0.25) is 5.82 Å². The summed E-state index contributed by atoms with van der Waals surface area (Å²) in [5.74, 6) is 5.85. The number of carbonyl (C=O) groups excluding carboxylic acids is 1. The van der Waals surface area contributed by atoms with Crippen LogP contribution in [0.3, 0.4) is 0 Å². The second-order valence-electron chi connectivity index (χ2n) is 5.89. The normalized spacial score (nSPS) is 12.3. The van der Waals surface area contributed by atoms with E-state index in [0.29, 0.717) is 17.1 Å². The molecule has 0 saturated heterocycles. The lowest BCUT2D eigenvalue weighted by Crippen LogP contribution is -2.47. The van der Waals surface area contributed by atoms with Crippen molar-refractivity contribution in [2.75, 3.05) is 0 Å². The minimum absolute atomic E-state index is 0.0568. The third kappa shape index (κ3) is 3.18. The molecule has 1 atom stereocenters. The summed E-state index contributed by atoms with van der Waals surface area (Å²) in [5, 5.41) is 15.8. The molecule has 126 valence electrons. The Hall–Kier alpha value is -2.99. The lowest BCUT2D eigenvalue weighted by molar-refractivity contribution is 0.228. The van der Waals surface area contributed by atoms with Gasteiger partial charge in [-0.3, -0.25) is 5.43 Å². The van der Waals surface area contributed by atoms with Crippen LogP contribution in [0, 0.1) is 25.2 Å². The molecular formula is C15H19N7O2. The van der Waals surface area contributed by atoms with Gasteiger partial charge < -0.3 is 9.84 Å². The summed E-state index contributed by atoms with van der Waals surface area (Å²) in [7, 11) is 0. The van der Waals surface area contributed by atoms with Gasteiger partial charge in [-0.15, -0.1) is 0 Å². The van der Waals surface area contributed by atoms with Gasteiger partial charge in [-0.2, -0.15) is 5.26 Å². The van der Waals surface area contributed by atoms with Crippen LogP contribution < -0.4 is 16.6 Å². The molecule has 0 aromatic carbocycles. The number of nitrogens with two attached hydrogens (primary N) is 1. The van der Waals surface area contributed by atoms with Gasteiger partial charge in [0.15, 0.2) is 0 Å².